The van der Waals surface area contributed by atoms with Crippen LogP contribution in [0.3, 0.4) is 0 Å². The van der Waals surface area contributed by atoms with Gasteiger partial charge in [-0.05, 0) is 69.1 Å². The Bertz CT molecular complexity index is 404. The van der Waals surface area contributed by atoms with E-state index in [-0.39, 0.29) is 0 Å². The highest BCUT2D eigenvalue weighted by Crippen LogP contribution is 2.30. The Labute approximate surface area is 132 Å². The van der Waals surface area contributed by atoms with Crippen molar-refractivity contribution in [2.75, 3.05) is 26.7 Å². The quantitative estimate of drug-likeness (QED) is 0.864. The highest BCUT2D eigenvalue weighted by molar-refractivity contribution is 9.10. The zero-order chi connectivity index (χ0) is 14.6. The van der Waals surface area contributed by atoms with Crippen LogP contribution >= 0.6 is 15.9 Å². The molecule has 1 saturated heterocycles. The second-order valence-corrected chi connectivity index (χ2v) is 7.60. The summed E-state index contributed by atoms with van der Waals surface area (Å²) in [5.41, 5.74) is 1.93. The van der Waals surface area contributed by atoms with E-state index in [1.54, 1.807) is 0 Å². The third kappa shape index (κ3) is 4.57. The van der Waals surface area contributed by atoms with E-state index in [9.17, 15) is 0 Å². The second kappa shape index (κ2) is 7.06. The van der Waals surface area contributed by atoms with Gasteiger partial charge in [0.05, 0.1) is 0 Å². The van der Waals surface area contributed by atoms with E-state index >= 15 is 0 Å². The van der Waals surface area contributed by atoms with Gasteiger partial charge >= 0.3 is 0 Å². The highest BCUT2D eigenvalue weighted by atomic mass is 79.9. The number of nitrogens with zero attached hydrogens (tertiary/aromatic N) is 1. The molecule has 1 aromatic carbocycles. The third-order valence-corrected chi connectivity index (χ3v) is 5.09. The summed E-state index contributed by atoms with van der Waals surface area (Å²) in [4.78, 5) is 2.62. The van der Waals surface area contributed by atoms with Gasteiger partial charge in [-0.15, -0.1) is 0 Å². The number of likely N-dealkylation sites (tertiary alicyclic amines) is 1. The van der Waals surface area contributed by atoms with Gasteiger partial charge in [-0.1, -0.05) is 41.9 Å². The number of hydrogen-bond donors (Lipinski definition) is 1. The molecule has 20 heavy (non-hydrogen) atoms. The van der Waals surface area contributed by atoms with Crippen molar-refractivity contribution >= 4 is 15.9 Å². The second-order valence-electron chi connectivity index (χ2n) is 6.69. The van der Waals surface area contributed by atoms with Crippen LogP contribution in [0.15, 0.2) is 28.7 Å². The summed E-state index contributed by atoms with van der Waals surface area (Å²) in [6.45, 7) is 8.48. The van der Waals surface area contributed by atoms with E-state index in [1.807, 2.05) is 0 Å². The van der Waals surface area contributed by atoms with Crippen LogP contribution in [0.1, 0.15) is 44.7 Å². The Kier molecular flexibility index (Phi) is 5.65. The van der Waals surface area contributed by atoms with Gasteiger partial charge < -0.3 is 10.2 Å². The van der Waals surface area contributed by atoms with Crippen LogP contribution in [-0.2, 0) is 0 Å². The average Bonchev–Trinajstić information content (AvgIpc) is 2.43. The number of halogens is 1. The molecule has 1 N–H and O–H groups in total. The van der Waals surface area contributed by atoms with Gasteiger partial charge in [-0.2, -0.15) is 0 Å². The number of hydrogen-bond acceptors (Lipinski definition) is 2. The van der Waals surface area contributed by atoms with Gasteiger partial charge in [-0.25, -0.2) is 0 Å². The molecule has 2 nitrogen and oxygen atoms in total. The summed E-state index contributed by atoms with van der Waals surface area (Å²) >= 11 is 3.50. The molecule has 1 aromatic rings. The Balaban J connectivity index is 1.84. The molecule has 2 rings (SSSR count). The third-order valence-electron chi connectivity index (χ3n) is 4.56. The smallest absolute Gasteiger partial charge is 0.0329 e. The molecular formula is C17H27BrN2. The first kappa shape index (κ1) is 16.0. The van der Waals surface area contributed by atoms with Crippen LogP contribution in [0.5, 0.6) is 0 Å². The van der Waals surface area contributed by atoms with Crippen molar-refractivity contribution in [1.82, 2.24) is 10.2 Å². The van der Waals surface area contributed by atoms with Crippen molar-refractivity contribution in [3.8, 4) is 0 Å². The number of benzene rings is 1. The minimum Gasteiger partial charge on any atom is -0.313 e. The van der Waals surface area contributed by atoms with Crippen molar-refractivity contribution < 1.29 is 0 Å². The normalized spacial score (nSPS) is 20.8. The molecule has 0 aromatic heterocycles. The molecule has 1 atom stereocenters. The van der Waals surface area contributed by atoms with Crippen molar-refractivity contribution in [1.29, 1.82) is 0 Å². The van der Waals surface area contributed by atoms with Gasteiger partial charge in [0.25, 0.3) is 0 Å². The minimum atomic E-state index is 0.457. The van der Waals surface area contributed by atoms with Gasteiger partial charge in [0.15, 0.2) is 0 Å². The molecule has 1 unspecified atom stereocenters. The SMILES string of the molecule is CNC(CCN1CCC(C)(C)CC1)c1ccc(Br)cc1. The first-order valence-corrected chi connectivity index (χ1v) is 8.44. The lowest BCUT2D eigenvalue weighted by molar-refractivity contribution is 0.128. The van der Waals surface area contributed by atoms with Crippen LogP contribution < -0.4 is 5.32 Å². The van der Waals surface area contributed by atoms with Crippen LogP contribution in [0.4, 0.5) is 0 Å². The molecule has 3 heteroatoms. The number of piperidine rings is 1. The van der Waals surface area contributed by atoms with Crippen molar-refractivity contribution in [3.63, 3.8) is 0 Å². The van der Waals surface area contributed by atoms with Crippen LogP contribution in [0.25, 0.3) is 0 Å². The molecule has 0 radical (unpaired) electrons. The molecule has 112 valence electrons. The van der Waals surface area contributed by atoms with Gasteiger partial charge in [0.2, 0.25) is 0 Å². The largest absolute Gasteiger partial charge is 0.313 e. The Morgan fingerprint density at radius 2 is 1.80 bits per heavy atom. The summed E-state index contributed by atoms with van der Waals surface area (Å²) in [5, 5.41) is 3.45. The maximum absolute atomic E-state index is 3.50. The van der Waals surface area contributed by atoms with Crippen LogP contribution in [0.2, 0.25) is 0 Å². The Morgan fingerprint density at radius 3 is 2.35 bits per heavy atom. The van der Waals surface area contributed by atoms with Crippen LogP contribution in [0, 0.1) is 5.41 Å². The topological polar surface area (TPSA) is 15.3 Å². The number of nitrogens with one attached hydrogen (secondary N) is 1. The van der Waals surface area contributed by atoms with Crippen molar-refractivity contribution in [2.24, 2.45) is 5.41 Å². The summed E-state index contributed by atoms with van der Waals surface area (Å²) < 4.78 is 1.15. The maximum Gasteiger partial charge on any atom is 0.0329 e. The zero-order valence-electron chi connectivity index (χ0n) is 13.0. The zero-order valence-corrected chi connectivity index (χ0v) is 14.5. The maximum atomic E-state index is 3.50. The minimum absolute atomic E-state index is 0.457. The predicted octanol–water partition coefficient (Wildman–Crippen LogP) is 4.22. The van der Waals surface area contributed by atoms with E-state index in [2.05, 4.69) is 71.3 Å². The monoisotopic (exact) mass is 338 g/mol. The van der Waals surface area contributed by atoms with E-state index in [0.29, 0.717) is 11.5 Å². The fourth-order valence-electron chi connectivity index (χ4n) is 2.87. The summed E-state index contributed by atoms with van der Waals surface area (Å²) in [7, 11) is 2.06. The van der Waals surface area contributed by atoms with Gasteiger partial charge in [0, 0.05) is 10.5 Å². The molecule has 1 heterocycles. The molecular weight excluding hydrogens is 312 g/mol. The van der Waals surface area contributed by atoms with E-state index in [1.165, 1.54) is 44.5 Å². The highest BCUT2D eigenvalue weighted by Gasteiger charge is 2.25. The van der Waals surface area contributed by atoms with E-state index in [0.717, 1.165) is 4.47 Å². The van der Waals surface area contributed by atoms with Crippen LogP contribution in [-0.4, -0.2) is 31.6 Å². The first-order chi connectivity index (χ1) is 9.50. The molecule has 0 aliphatic carbocycles. The van der Waals surface area contributed by atoms with Gasteiger partial charge in [0.1, 0.15) is 0 Å². The fraction of sp³-hybridized carbons (Fsp3) is 0.647. The molecule has 1 fully saturated rings. The molecule has 1 aliphatic heterocycles. The molecule has 1 aliphatic rings. The van der Waals surface area contributed by atoms with E-state index in [4.69, 9.17) is 0 Å². The molecule has 0 bridgehead atoms. The standard InChI is InChI=1S/C17H27BrN2/c1-17(2)9-12-20(13-10-17)11-8-16(19-3)14-4-6-15(18)7-5-14/h4-7,16,19H,8-13H2,1-3H3. The molecule has 0 saturated carbocycles. The lowest BCUT2D eigenvalue weighted by Crippen LogP contribution is -2.38. The fourth-order valence-corrected chi connectivity index (χ4v) is 3.13. The summed E-state index contributed by atoms with van der Waals surface area (Å²) in [6, 6.07) is 9.14. The van der Waals surface area contributed by atoms with Gasteiger partial charge in [-0.3, -0.25) is 0 Å². The first-order valence-electron chi connectivity index (χ1n) is 7.65. The average molecular weight is 339 g/mol. The lowest BCUT2D eigenvalue weighted by atomic mass is 9.82. The molecule has 0 spiro atoms. The number of rotatable bonds is 5. The summed E-state index contributed by atoms with van der Waals surface area (Å²) in [5.74, 6) is 0. The van der Waals surface area contributed by atoms with Crippen molar-refractivity contribution in [3.05, 3.63) is 34.3 Å². The summed E-state index contributed by atoms with van der Waals surface area (Å²) in [6.07, 6.45) is 3.84. The Hall–Kier alpha value is -0.380. The lowest BCUT2D eigenvalue weighted by Gasteiger charge is -2.37. The Morgan fingerprint density at radius 1 is 1.20 bits per heavy atom. The molecule has 0 amide bonds. The van der Waals surface area contributed by atoms with Crippen molar-refractivity contribution in [2.45, 2.75) is 39.2 Å². The predicted molar refractivity (Wildman–Crippen MR) is 90.0 cm³/mol. The van der Waals surface area contributed by atoms with E-state index < -0.39 is 0 Å².